The van der Waals surface area contributed by atoms with Crippen LogP contribution in [0, 0.1) is 0 Å². The molecule has 0 bridgehead atoms. The van der Waals surface area contributed by atoms with E-state index >= 15 is 0 Å². The van der Waals surface area contributed by atoms with E-state index in [0.29, 0.717) is 5.56 Å². The summed E-state index contributed by atoms with van der Waals surface area (Å²) < 4.78 is 22.5. The molecule has 266 valence electrons. The van der Waals surface area contributed by atoms with E-state index < -0.39 is 24.0 Å². The second kappa shape index (κ2) is 22.5. The molecule has 0 aliphatic carbocycles. The first-order valence-corrected chi connectivity index (χ1v) is 18.4. The Morgan fingerprint density at radius 3 is 1.57 bits per heavy atom. The second-order valence-corrected chi connectivity index (χ2v) is 12.7. The minimum atomic E-state index is -1.03. The summed E-state index contributed by atoms with van der Waals surface area (Å²) >= 11 is 0. The standard InChI is InChI=1S/C42H56O7/c1-5-8-11-12-13-14-15-16-31-46-37-27-23-34(24-28-37)33-19-21-35(22-20-33)42(45)49-39-29-25-36(26-30-39)41(44)47-32(4)40(43)48-38(17-9-6-2)18-10-7-3/h19-30,32,38H,5-18,31H2,1-4H3. The predicted octanol–water partition coefficient (Wildman–Crippen LogP) is 10.9. The van der Waals surface area contributed by atoms with Crippen LogP contribution in [0.25, 0.3) is 11.1 Å². The fourth-order valence-electron chi connectivity index (χ4n) is 5.46. The van der Waals surface area contributed by atoms with Crippen molar-refractivity contribution in [3.05, 3.63) is 83.9 Å². The van der Waals surface area contributed by atoms with Gasteiger partial charge in [-0.15, -0.1) is 0 Å². The Hall–Kier alpha value is -4.13. The molecule has 3 aromatic rings. The number of hydrogen-bond donors (Lipinski definition) is 0. The Morgan fingerprint density at radius 1 is 0.531 bits per heavy atom. The van der Waals surface area contributed by atoms with Gasteiger partial charge in [-0.1, -0.05) is 116 Å². The van der Waals surface area contributed by atoms with Crippen LogP contribution in [0.1, 0.15) is 138 Å². The highest BCUT2D eigenvalue weighted by Crippen LogP contribution is 2.24. The number of carbonyl (C=O) groups excluding carboxylic acids is 3. The van der Waals surface area contributed by atoms with Crippen LogP contribution in [-0.4, -0.2) is 36.7 Å². The van der Waals surface area contributed by atoms with Gasteiger partial charge in [-0.05, 0) is 85.8 Å². The lowest BCUT2D eigenvalue weighted by Crippen LogP contribution is -2.30. The van der Waals surface area contributed by atoms with Gasteiger partial charge in [0.15, 0.2) is 6.10 Å². The first-order valence-electron chi connectivity index (χ1n) is 18.4. The quantitative estimate of drug-likeness (QED) is 0.0562. The van der Waals surface area contributed by atoms with Crippen LogP contribution in [0.15, 0.2) is 72.8 Å². The third-order valence-electron chi connectivity index (χ3n) is 8.53. The fourth-order valence-corrected chi connectivity index (χ4v) is 5.46. The molecule has 3 rings (SSSR count). The third-order valence-corrected chi connectivity index (χ3v) is 8.53. The number of ether oxygens (including phenoxy) is 4. The summed E-state index contributed by atoms with van der Waals surface area (Å²) in [5, 5.41) is 0. The molecule has 7 heteroatoms. The van der Waals surface area contributed by atoms with Crippen molar-refractivity contribution < 1.29 is 33.3 Å². The monoisotopic (exact) mass is 672 g/mol. The molecule has 0 amide bonds. The summed E-state index contributed by atoms with van der Waals surface area (Å²) in [5.41, 5.74) is 2.64. The van der Waals surface area contributed by atoms with Crippen molar-refractivity contribution in [2.24, 2.45) is 0 Å². The Kier molecular flexibility index (Phi) is 18.0. The molecule has 0 saturated carbocycles. The van der Waals surface area contributed by atoms with Gasteiger partial charge in [0, 0.05) is 0 Å². The minimum absolute atomic E-state index is 0.167. The van der Waals surface area contributed by atoms with Crippen LogP contribution >= 0.6 is 0 Å². The van der Waals surface area contributed by atoms with E-state index in [1.807, 2.05) is 36.4 Å². The van der Waals surface area contributed by atoms with Crippen molar-refractivity contribution in [1.82, 2.24) is 0 Å². The number of rotatable bonds is 23. The van der Waals surface area contributed by atoms with E-state index in [1.54, 1.807) is 12.1 Å². The van der Waals surface area contributed by atoms with Gasteiger partial charge in [-0.3, -0.25) is 0 Å². The second-order valence-electron chi connectivity index (χ2n) is 12.7. The lowest BCUT2D eigenvalue weighted by atomic mass is 10.0. The molecule has 1 unspecified atom stereocenters. The molecule has 3 aromatic carbocycles. The Morgan fingerprint density at radius 2 is 1.00 bits per heavy atom. The normalized spacial score (nSPS) is 11.6. The number of hydrogen-bond acceptors (Lipinski definition) is 7. The van der Waals surface area contributed by atoms with E-state index in [1.165, 1.54) is 76.1 Å². The average Bonchev–Trinajstić information content (AvgIpc) is 3.12. The highest BCUT2D eigenvalue weighted by Gasteiger charge is 2.24. The zero-order valence-corrected chi connectivity index (χ0v) is 30.0. The van der Waals surface area contributed by atoms with E-state index in [9.17, 15) is 14.4 Å². The van der Waals surface area contributed by atoms with Crippen LogP contribution in [-0.2, 0) is 14.3 Å². The summed E-state index contributed by atoms with van der Waals surface area (Å²) in [7, 11) is 0. The Bertz CT molecular complexity index is 1370. The van der Waals surface area contributed by atoms with Crippen LogP contribution in [0.3, 0.4) is 0 Å². The van der Waals surface area contributed by atoms with Gasteiger partial charge < -0.3 is 18.9 Å². The summed E-state index contributed by atoms with van der Waals surface area (Å²) in [6, 6.07) is 21.3. The molecule has 0 aliphatic rings. The Balaban J connectivity index is 1.43. The number of unbranched alkanes of at least 4 members (excludes halogenated alkanes) is 9. The predicted molar refractivity (Wildman–Crippen MR) is 195 cm³/mol. The number of carbonyl (C=O) groups is 3. The first kappa shape index (κ1) is 39.3. The molecule has 0 aliphatic heterocycles. The van der Waals surface area contributed by atoms with Crippen molar-refractivity contribution in [3.63, 3.8) is 0 Å². The first-order chi connectivity index (χ1) is 23.8. The van der Waals surface area contributed by atoms with Crippen molar-refractivity contribution in [1.29, 1.82) is 0 Å². The molecule has 49 heavy (non-hydrogen) atoms. The van der Waals surface area contributed by atoms with Crippen LogP contribution in [0.5, 0.6) is 11.5 Å². The molecule has 0 radical (unpaired) electrons. The molecule has 0 spiro atoms. The minimum Gasteiger partial charge on any atom is -0.494 e. The topological polar surface area (TPSA) is 88.1 Å². The summed E-state index contributed by atoms with van der Waals surface area (Å²) in [6.45, 7) is 8.69. The van der Waals surface area contributed by atoms with Crippen molar-refractivity contribution in [2.45, 2.75) is 130 Å². The van der Waals surface area contributed by atoms with Crippen LogP contribution < -0.4 is 9.47 Å². The average molecular weight is 673 g/mol. The van der Waals surface area contributed by atoms with Gasteiger partial charge in [-0.25, -0.2) is 14.4 Å². The van der Waals surface area contributed by atoms with Gasteiger partial charge in [0.1, 0.15) is 17.6 Å². The zero-order valence-electron chi connectivity index (χ0n) is 30.0. The van der Waals surface area contributed by atoms with E-state index in [4.69, 9.17) is 18.9 Å². The van der Waals surface area contributed by atoms with Gasteiger partial charge in [0.2, 0.25) is 0 Å². The van der Waals surface area contributed by atoms with Gasteiger partial charge >= 0.3 is 17.9 Å². The maximum absolute atomic E-state index is 12.8. The lowest BCUT2D eigenvalue weighted by Gasteiger charge is -2.20. The molecular weight excluding hydrogens is 616 g/mol. The fraction of sp³-hybridized carbons (Fsp3) is 0.500. The maximum atomic E-state index is 12.8. The summed E-state index contributed by atoms with van der Waals surface area (Å²) in [4.78, 5) is 38.1. The molecule has 0 fully saturated rings. The molecule has 1 atom stereocenters. The van der Waals surface area contributed by atoms with Crippen molar-refractivity contribution in [3.8, 4) is 22.6 Å². The lowest BCUT2D eigenvalue weighted by molar-refractivity contribution is -0.159. The number of benzene rings is 3. The molecule has 0 aromatic heterocycles. The highest BCUT2D eigenvalue weighted by molar-refractivity contribution is 5.93. The summed E-state index contributed by atoms with van der Waals surface area (Å²) in [6.07, 6.45) is 14.6. The SMILES string of the molecule is CCCCCCCCCCOc1ccc(-c2ccc(C(=O)Oc3ccc(C(=O)OC(C)C(=O)OC(CCCC)CCCC)cc3)cc2)cc1. The third kappa shape index (κ3) is 14.5. The van der Waals surface area contributed by atoms with E-state index in [0.717, 1.165) is 68.4 Å². The smallest absolute Gasteiger partial charge is 0.347 e. The zero-order chi connectivity index (χ0) is 35.3. The highest BCUT2D eigenvalue weighted by atomic mass is 16.6. The van der Waals surface area contributed by atoms with Gasteiger partial charge in [-0.2, -0.15) is 0 Å². The summed E-state index contributed by atoms with van der Waals surface area (Å²) in [5.74, 6) is -0.562. The van der Waals surface area contributed by atoms with E-state index in [2.05, 4.69) is 20.8 Å². The molecular formula is C42H56O7. The van der Waals surface area contributed by atoms with Gasteiger partial charge in [0.25, 0.3) is 0 Å². The number of esters is 3. The molecule has 0 heterocycles. The largest absolute Gasteiger partial charge is 0.494 e. The molecule has 0 saturated heterocycles. The van der Waals surface area contributed by atoms with Crippen LogP contribution in [0.2, 0.25) is 0 Å². The van der Waals surface area contributed by atoms with Gasteiger partial charge in [0.05, 0.1) is 17.7 Å². The molecule has 7 nitrogen and oxygen atoms in total. The molecule has 0 N–H and O–H groups in total. The van der Waals surface area contributed by atoms with Crippen molar-refractivity contribution in [2.75, 3.05) is 6.61 Å². The van der Waals surface area contributed by atoms with Crippen LogP contribution in [0.4, 0.5) is 0 Å². The Labute approximate surface area is 293 Å². The van der Waals surface area contributed by atoms with Crippen molar-refractivity contribution >= 4 is 17.9 Å². The maximum Gasteiger partial charge on any atom is 0.347 e. The van der Waals surface area contributed by atoms with E-state index in [-0.39, 0.29) is 17.4 Å².